The zero-order valence-corrected chi connectivity index (χ0v) is 9.92. The van der Waals surface area contributed by atoms with Crippen molar-refractivity contribution in [3.05, 3.63) is 12.2 Å². The van der Waals surface area contributed by atoms with E-state index in [-0.39, 0.29) is 32.3 Å². The molecule has 2 amide bonds. The van der Waals surface area contributed by atoms with E-state index in [4.69, 9.17) is 9.84 Å². The maximum Gasteiger partial charge on any atom is 0.329 e. The van der Waals surface area contributed by atoms with Crippen LogP contribution in [0, 0.1) is 0 Å². The van der Waals surface area contributed by atoms with Crippen LogP contribution in [-0.2, 0) is 23.1 Å². The van der Waals surface area contributed by atoms with Crippen molar-refractivity contribution in [3.8, 4) is 0 Å². The lowest BCUT2D eigenvalue weighted by molar-refractivity contribution is -0.142. The minimum Gasteiger partial charge on any atom is -0.480 e. The van der Waals surface area contributed by atoms with Crippen LogP contribution in [0.1, 0.15) is 5.82 Å². The van der Waals surface area contributed by atoms with Gasteiger partial charge in [0.1, 0.15) is 12.9 Å². The lowest BCUT2D eigenvalue weighted by Gasteiger charge is -2.07. The third-order valence-electron chi connectivity index (χ3n) is 1.97. The highest BCUT2D eigenvalue weighted by molar-refractivity contribution is 5.73. The number of aliphatic carboxylic acids is 1. The van der Waals surface area contributed by atoms with Gasteiger partial charge in [-0.3, -0.25) is 0 Å². The standard InChI is InChI=1S/C9H15N5O4/c1-14-6-12-13-7(14)4-11-9(17)10-2-3-18-5-8(15)16/h6H,2-5H2,1H3,(H,15,16)(H2,10,11,17). The molecule has 1 aromatic rings. The summed E-state index contributed by atoms with van der Waals surface area (Å²) in [6, 6.07) is -0.378. The lowest BCUT2D eigenvalue weighted by Crippen LogP contribution is -2.37. The summed E-state index contributed by atoms with van der Waals surface area (Å²) in [5.74, 6) is -0.408. The highest BCUT2D eigenvalue weighted by atomic mass is 16.5. The minimum atomic E-state index is -1.04. The Morgan fingerprint density at radius 2 is 2.28 bits per heavy atom. The van der Waals surface area contributed by atoms with Crippen LogP contribution in [0.2, 0.25) is 0 Å². The number of nitrogens with zero attached hydrogens (tertiary/aromatic N) is 3. The summed E-state index contributed by atoms with van der Waals surface area (Å²) in [5, 5.41) is 20.9. The number of aromatic nitrogens is 3. The largest absolute Gasteiger partial charge is 0.480 e. The number of amides is 2. The summed E-state index contributed by atoms with van der Waals surface area (Å²) in [4.78, 5) is 21.4. The number of rotatable bonds is 7. The Bertz CT molecular complexity index is 405. The molecule has 9 heteroatoms. The van der Waals surface area contributed by atoms with E-state index in [1.807, 2.05) is 0 Å². The Balaban J connectivity index is 2.07. The summed E-state index contributed by atoms with van der Waals surface area (Å²) >= 11 is 0. The van der Waals surface area contributed by atoms with Crippen molar-refractivity contribution in [2.24, 2.45) is 7.05 Å². The Morgan fingerprint density at radius 3 is 2.89 bits per heavy atom. The minimum absolute atomic E-state index is 0.143. The van der Waals surface area contributed by atoms with Crippen molar-refractivity contribution in [1.82, 2.24) is 25.4 Å². The number of nitrogens with one attached hydrogen (secondary N) is 2. The van der Waals surface area contributed by atoms with Crippen LogP contribution in [0.15, 0.2) is 6.33 Å². The van der Waals surface area contributed by atoms with Crippen molar-refractivity contribution in [2.75, 3.05) is 19.8 Å². The normalized spacial score (nSPS) is 10.1. The van der Waals surface area contributed by atoms with Crippen molar-refractivity contribution < 1.29 is 19.4 Å². The van der Waals surface area contributed by atoms with Gasteiger partial charge in [-0.05, 0) is 0 Å². The molecule has 0 saturated heterocycles. The smallest absolute Gasteiger partial charge is 0.329 e. The number of hydrogen-bond donors (Lipinski definition) is 3. The molecule has 1 heterocycles. The Kier molecular flexibility index (Phi) is 5.58. The summed E-state index contributed by atoms with van der Waals surface area (Å²) in [7, 11) is 1.77. The molecular formula is C9H15N5O4. The molecule has 0 unspecified atom stereocenters. The lowest BCUT2D eigenvalue weighted by atomic mass is 10.6. The molecule has 0 spiro atoms. The van der Waals surface area contributed by atoms with Gasteiger partial charge < -0.3 is 25.0 Å². The molecule has 0 aliphatic carbocycles. The number of carbonyl (C=O) groups is 2. The van der Waals surface area contributed by atoms with E-state index in [1.165, 1.54) is 6.33 Å². The molecule has 0 aliphatic rings. The number of urea groups is 1. The summed E-state index contributed by atoms with van der Waals surface area (Å²) in [6.45, 7) is 0.266. The van der Waals surface area contributed by atoms with Crippen molar-refractivity contribution in [3.63, 3.8) is 0 Å². The highest BCUT2D eigenvalue weighted by Gasteiger charge is 2.03. The molecule has 0 saturated carbocycles. The fourth-order valence-corrected chi connectivity index (χ4v) is 1.09. The van der Waals surface area contributed by atoms with Gasteiger partial charge in [-0.15, -0.1) is 10.2 Å². The molecule has 18 heavy (non-hydrogen) atoms. The number of aryl methyl sites for hydroxylation is 1. The molecule has 0 aliphatic heterocycles. The van der Waals surface area contributed by atoms with Gasteiger partial charge in [-0.2, -0.15) is 0 Å². The van der Waals surface area contributed by atoms with E-state index in [9.17, 15) is 9.59 Å². The van der Waals surface area contributed by atoms with Gasteiger partial charge in [-0.25, -0.2) is 9.59 Å². The number of hydrogen-bond acceptors (Lipinski definition) is 5. The third-order valence-corrected chi connectivity index (χ3v) is 1.97. The number of carboxylic acid groups (broad SMARTS) is 1. The maximum absolute atomic E-state index is 11.3. The van der Waals surface area contributed by atoms with Crippen LogP contribution in [0.3, 0.4) is 0 Å². The zero-order chi connectivity index (χ0) is 13.4. The van der Waals surface area contributed by atoms with E-state index in [0.717, 1.165) is 0 Å². The summed E-state index contributed by atoms with van der Waals surface area (Å²) in [5.41, 5.74) is 0. The van der Waals surface area contributed by atoms with Crippen LogP contribution in [0.4, 0.5) is 4.79 Å². The molecule has 0 radical (unpaired) electrons. The van der Waals surface area contributed by atoms with Crippen molar-refractivity contribution in [1.29, 1.82) is 0 Å². The molecule has 9 nitrogen and oxygen atoms in total. The Morgan fingerprint density at radius 1 is 1.50 bits per heavy atom. The maximum atomic E-state index is 11.3. The third kappa shape index (κ3) is 5.25. The van der Waals surface area contributed by atoms with Crippen LogP contribution in [0.25, 0.3) is 0 Å². The zero-order valence-electron chi connectivity index (χ0n) is 9.92. The van der Waals surface area contributed by atoms with E-state index in [1.54, 1.807) is 11.6 Å². The summed E-state index contributed by atoms with van der Waals surface area (Å²) in [6.07, 6.45) is 1.54. The van der Waals surface area contributed by atoms with Crippen molar-refractivity contribution in [2.45, 2.75) is 6.54 Å². The topological polar surface area (TPSA) is 118 Å². The first-order chi connectivity index (χ1) is 8.59. The predicted octanol–water partition coefficient (Wildman–Crippen LogP) is -1.28. The van der Waals surface area contributed by atoms with Gasteiger partial charge in [0.2, 0.25) is 0 Å². The van der Waals surface area contributed by atoms with Crippen LogP contribution in [-0.4, -0.2) is 51.6 Å². The monoisotopic (exact) mass is 257 g/mol. The van der Waals surface area contributed by atoms with E-state index in [2.05, 4.69) is 20.8 Å². The average Bonchev–Trinajstić information content (AvgIpc) is 2.71. The van der Waals surface area contributed by atoms with Crippen LogP contribution >= 0.6 is 0 Å². The molecule has 0 aromatic carbocycles. The van der Waals surface area contributed by atoms with Crippen molar-refractivity contribution >= 4 is 12.0 Å². The molecular weight excluding hydrogens is 242 g/mol. The van der Waals surface area contributed by atoms with Gasteiger partial charge in [-0.1, -0.05) is 0 Å². The predicted molar refractivity (Wildman–Crippen MR) is 59.7 cm³/mol. The quantitative estimate of drug-likeness (QED) is 0.523. The Hall–Kier alpha value is -2.16. The molecule has 1 rings (SSSR count). The highest BCUT2D eigenvalue weighted by Crippen LogP contribution is 1.89. The molecule has 3 N–H and O–H groups in total. The second-order valence-corrected chi connectivity index (χ2v) is 3.41. The number of carbonyl (C=O) groups excluding carboxylic acids is 1. The second-order valence-electron chi connectivity index (χ2n) is 3.41. The average molecular weight is 257 g/mol. The SMILES string of the molecule is Cn1cnnc1CNC(=O)NCCOCC(=O)O. The molecule has 0 bridgehead atoms. The number of ether oxygens (including phenoxy) is 1. The van der Waals surface area contributed by atoms with Crippen LogP contribution < -0.4 is 10.6 Å². The van der Waals surface area contributed by atoms with E-state index in [0.29, 0.717) is 5.82 Å². The fraction of sp³-hybridized carbons (Fsp3) is 0.556. The molecule has 1 aromatic heterocycles. The van der Waals surface area contributed by atoms with Gasteiger partial charge in [0.15, 0.2) is 5.82 Å². The van der Waals surface area contributed by atoms with Gasteiger partial charge in [0, 0.05) is 13.6 Å². The first kappa shape index (κ1) is 13.9. The fourth-order valence-electron chi connectivity index (χ4n) is 1.09. The van der Waals surface area contributed by atoms with Gasteiger partial charge >= 0.3 is 12.0 Å². The Labute approximate surface area is 103 Å². The second kappa shape index (κ2) is 7.22. The van der Waals surface area contributed by atoms with E-state index >= 15 is 0 Å². The first-order valence-electron chi connectivity index (χ1n) is 5.23. The molecule has 0 fully saturated rings. The van der Waals surface area contributed by atoms with Gasteiger partial charge in [0.25, 0.3) is 0 Å². The van der Waals surface area contributed by atoms with Gasteiger partial charge in [0.05, 0.1) is 13.2 Å². The van der Waals surface area contributed by atoms with E-state index < -0.39 is 5.97 Å². The summed E-state index contributed by atoms with van der Waals surface area (Å²) < 4.78 is 6.44. The molecule has 0 atom stereocenters. The van der Waals surface area contributed by atoms with Crippen LogP contribution in [0.5, 0.6) is 0 Å². The molecule has 100 valence electrons. The number of carboxylic acids is 1. The first-order valence-corrected chi connectivity index (χ1v) is 5.23.